The molecule has 1 fully saturated rings. The Balaban J connectivity index is 1.57. The van der Waals surface area contributed by atoms with Crippen molar-refractivity contribution in [3.8, 4) is 22.5 Å². The molecule has 0 radical (unpaired) electrons. The van der Waals surface area contributed by atoms with E-state index in [0.717, 1.165) is 41.0 Å². The van der Waals surface area contributed by atoms with Gasteiger partial charge in [0, 0.05) is 42.6 Å². The number of aromatic nitrogens is 3. The summed E-state index contributed by atoms with van der Waals surface area (Å²) in [6.07, 6.45) is 5.72. The fourth-order valence-electron chi connectivity index (χ4n) is 3.92. The minimum absolute atomic E-state index is 0.151. The number of fused-ring (bicyclic) bond motifs is 1. The first-order valence-corrected chi connectivity index (χ1v) is 12.3. The molecule has 9 heteroatoms. The Morgan fingerprint density at radius 2 is 1.89 bits per heavy atom. The summed E-state index contributed by atoms with van der Waals surface area (Å²) < 4.78 is 1.95. The van der Waals surface area contributed by atoms with E-state index >= 15 is 0 Å². The van der Waals surface area contributed by atoms with Crippen molar-refractivity contribution in [1.29, 1.82) is 0 Å². The molecule has 4 aromatic rings. The predicted octanol–water partition coefficient (Wildman–Crippen LogP) is 4.83. The van der Waals surface area contributed by atoms with Crippen LogP contribution in [0.15, 0.2) is 54.9 Å². The van der Waals surface area contributed by atoms with Gasteiger partial charge in [0.1, 0.15) is 0 Å². The van der Waals surface area contributed by atoms with Crippen LogP contribution in [-0.4, -0.2) is 50.6 Å². The molecule has 1 aliphatic rings. The van der Waals surface area contributed by atoms with Crippen molar-refractivity contribution >= 4 is 34.7 Å². The Morgan fingerprint density at radius 3 is 2.53 bits per heavy atom. The molecule has 1 amide bonds. The lowest BCUT2D eigenvalue weighted by molar-refractivity contribution is 0.0940. The molecule has 1 saturated carbocycles. The highest BCUT2D eigenvalue weighted by Gasteiger charge is 2.25. The molecule has 36 heavy (non-hydrogen) atoms. The average Bonchev–Trinajstić information content (AvgIpc) is 3.56. The van der Waals surface area contributed by atoms with Crippen LogP contribution in [0.3, 0.4) is 0 Å². The molecular formula is C27H29ClN6O2. The van der Waals surface area contributed by atoms with E-state index in [1.807, 2.05) is 48.0 Å². The number of halogens is 1. The van der Waals surface area contributed by atoms with Crippen LogP contribution >= 0.6 is 11.6 Å². The van der Waals surface area contributed by atoms with Gasteiger partial charge in [-0.25, -0.2) is 9.97 Å². The van der Waals surface area contributed by atoms with E-state index in [1.165, 1.54) is 0 Å². The van der Waals surface area contributed by atoms with E-state index in [2.05, 4.69) is 20.9 Å². The number of hydrogen-bond acceptors (Lipinski definition) is 6. The van der Waals surface area contributed by atoms with Gasteiger partial charge in [-0.2, -0.15) is 0 Å². The normalized spacial score (nSPS) is 13.6. The minimum Gasteiger partial charge on any atom is -0.389 e. The number of imidazole rings is 1. The first kappa shape index (κ1) is 24.1. The average molecular weight is 505 g/mol. The molecule has 1 aliphatic carbocycles. The second-order valence-electron chi connectivity index (χ2n) is 9.75. The molecule has 186 valence electrons. The van der Waals surface area contributed by atoms with Crippen molar-refractivity contribution < 1.29 is 9.90 Å². The minimum atomic E-state index is -0.928. The summed E-state index contributed by atoms with van der Waals surface area (Å²) in [5, 5.41) is 20.0. The van der Waals surface area contributed by atoms with Crippen LogP contribution < -0.4 is 16.0 Å². The molecule has 2 heterocycles. The third-order valence-electron chi connectivity index (χ3n) is 6.07. The van der Waals surface area contributed by atoms with Gasteiger partial charge in [0.25, 0.3) is 5.91 Å². The number of carbonyl (C=O) groups excluding carboxylic acids is 1. The number of benzene rings is 2. The second-order valence-corrected chi connectivity index (χ2v) is 10.2. The zero-order chi connectivity index (χ0) is 25.4. The molecule has 0 aliphatic heterocycles. The van der Waals surface area contributed by atoms with E-state index in [9.17, 15) is 9.90 Å². The summed E-state index contributed by atoms with van der Waals surface area (Å²) in [4.78, 5) is 22.0. The number of amides is 1. The van der Waals surface area contributed by atoms with Crippen molar-refractivity contribution in [3.63, 3.8) is 0 Å². The number of nitrogens with zero attached hydrogens (tertiary/aromatic N) is 3. The largest absolute Gasteiger partial charge is 0.389 e. The number of carbonyl (C=O) groups is 1. The lowest BCUT2D eigenvalue weighted by atomic mass is 10.1. The molecule has 0 spiro atoms. The standard InChI is InChI=1S/C27H29ClN6O2/c1-27(2,36)15-31-24-25-30-13-23(17-6-11-20(21(28)12-17)26(35)32-19-9-10-19)34(25)14-22(33-24)16-4-7-18(29-3)8-5-16/h4-8,11-14,19,29,36H,9-10,15H2,1-3H3,(H,31,33)(H,32,35). The fourth-order valence-corrected chi connectivity index (χ4v) is 4.18. The van der Waals surface area contributed by atoms with E-state index in [4.69, 9.17) is 16.6 Å². The maximum Gasteiger partial charge on any atom is 0.253 e. The fraction of sp³-hybridized carbons (Fsp3) is 0.296. The summed E-state index contributed by atoms with van der Waals surface area (Å²) >= 11 is 6.53. The SMILES string of the molecule is CNc1ccc(-c2cn3c(-c4ccc(C(=O)NC5CC5)c(Cl)c4)cnc3c(NCC(C)(C)O)n2)cc1. The van der Waals surface area contributed by atoms with E-state index < -0.39 is 5.60 Å². The maximum atomic E-state index is 12.5. The number of aliphatic hydroxyl groups is 1. The molecule has 0 saturated heterocycles. The van der Waals surface area contributed by atoms with Crippen LogP contribution in [-0.2, 0) is 0 Å². The van der Waals surface area contributed by atoms with E-state index in [-0.39, 0.29) is 11.9 Å². The molecular weight excluding hydrogens is 476 g/mol. The van der Waals surface area contributed by atoms with Gasteiger partial charge in [-0.1, -0.05) is 29.8 Å². The van der Waals surface area contributed by atoms with Gasteiger partial charge in [0.05, 0.1) is 33.8 Å². The zero-order valence-corrected chi connectivity index (χ0v) is 21.2. The lowest BCUT2D eigenvalue weighted by Crippen LogP contribution is -2.29. The second kappa shape index (κ2) is 9.44. The summed E-state index contributed by atoms with van der Waals surface area (Å²) in [5.74, 6) is 0.409. The molecule has 4 N–H and O–H groups in total. The summed E-state index contributed by atoms with van der Waals surface area (Å²) in [6, 6.07) is 13.7. The Kier molecular flexibility index (Phi) is 6.32. The zero-order valence-electron chi connectivity index (χ0n) is 20.5. The van der Waals surface area contributed by atoms with Gasteiger partial charge < -0.3 is 21.1 Å². The van der Waals surface area contributed by atoms with Crippen LogP contribution in [0.4, 0.5) is 11.5 Å². The highest BCUT2D eigenvalue weighted by molar-refractivity contribution is 6.34. The molecule has 0 unspecified atom stereocenters. The van der Waals surface area contributed by atoms with Gasteiger partial charge >= 0.3 is 0 Å². The van der Waals surface area contributed by atoms with Gasteiger partial charge in [-0.3, -0.25) is 9.20 Å². The molecule has 5 rings (SSSR count). The summed E-state index contributed by atoms with van der Waals surface area (Å²) in [5.41, 5.74) is 4.47. The Labute approximate surface area is 214 Å². The molecule has 0 bridgehead atoms. The highest BCUT2D eigenvalue weighted by atomic mass is 35.5. The number of rotatable bonds is 8. The van der Waals surface area contributed by atoms with Crippen LogP contribution in [0.1, 0.15) is 37.0 Å². The molecule has 0 atom stereocenters. The van der Waals surface area contributed by atoms with Crippen molar-refractivity contribution in [2.45, 2.75) is 38.3 Å². The first-order chi connectivity index (χ1) is 17.2. The Morgan fingerprint density at radius 1 is 1.17 bits per heavy atom. The number of hydrogen-bond donors (Lipinski definition) is 4. The van der Waals surface area contributed by atoms with Crippen LogP contribution in [0, 0.1) is 0 Å². The quantitative estimate of drug-likeness (QED) is 0.274. The Bertz CT molecular complexity index is 1420. The van der Waals surface area contributed by atoms with Crippen LogP contribution in [0.2, 0.25) is 5.02 Å². The van der Waals surface area contributed by atoms with Crippen molar-refractivity contribution in [2.24, 2.45) is 0 Å². The highest BCUT2D eigenvalue weighted by Crippen LogP contribution is 2.31. The summed E-state index contributed by atoms with van der Waals surface area (Å²) in [7, 11) is 1.88. The number of anilines is 2. The third kappa shape index (κ3) is 5.15. The third-order valence-corrected chi connectivity index (χ3v) is 6.38. The van der Waals surface area contributed by atoms with Crippen LogP contribution in [0.5, 0.6) is 0 Å². The van der Waals surface area contributed by atoms with Crippen LogP contribution in [0.25, 0.3) is 28.2 Å². The monoisotopic (exact) mass is 504 g/mol. The van der Waals surface area contributed by atoms with Gasteiger partial charge in [-0.15, -0.1) is 0 Å². The van der Waals surface area contributed by atoms with Crippen molar-refractivity contribution in [1.82, 2.24) is 19.7 Å². The molecule has 8 nitrogen and oxygen atoms in total. The summed E-state index contributed by atoms with van der Waals surface area (Å²) in [6.45, 7) is 3.77. The van der Waals surface area contributed by atoms with E-state index in [1.54, 1.807) is 32.2 Å². The van der Waals surface area contributed by atoms with Crippen molar-refractivity contribution in [3.05, 3.63) is 65.4 Å². The number of nitrogens with one attached hydrogen (secondary N) is 3. The van der Waals surface area contributed by atoms with Crippen molar-refractivity contribution in [2.75, 3.05) is 24.2 Å². The maximum absolute atomic E-state index is 12.5. The Hall–Kier alpha value is -3.62. The molecule has 2 aromatic heterocycles. The topological polar surface area (TPSA) is 104 Å². The smallest absolute Gasteiger partial charge is 0.253 e. The lowest BCUT2D eigenvalue weighted by Gasteiger charge is -2.19. The predicted molar refractivity (Wildman–Crippen MR) is 144 cm³/mol. The molecule has 2 aromatic carbocycles. The first-order valence-electron chi connectivity index (χ1n) is 12.0. The van der Waals surface area contributed by atoms with E-state index in [0.29, 0.717) is 28.6 Å². The van der Waals surface area contributed by atoms with Gasteiger partial charge in [0.15, 0.2) is 11.5 Å². The van der Waals surface area contributed by atoms with Gasteiger partial charge in [-0.05, 0) is 51.0 Å². The van der Waals surface area contributed by atoms with Gasteiger partial charge in [0.2, 0.25) is 0 Å².